The van der Waals surface area contributed by atoms with Gasteiger partial charge in [-0.15, -0.1) is 12.4 Å². The zero-order valence-corrected chi connectivity index (χ0v) is 13.4. The molecule has 1 fully saturated rings. The molecule has 22 heavy (non-hydrogen) atoms. The first-order valence-corrected chi connectivity index (χ1v) is 7.60. The van der Waals surface area contributed by atoms with Gasteiger partial charge in [0.2, 0.25) is 12.7 Å². The average Bonchev–Trinajstić information content (AvgIpc) is 3.01. The van der Waals surface area contributed by atoms with Gasteiger partial charge in [-0.2, -0.15) is 0 Å². The van der Waals surface area contributed by atoms with E-state index >= 15 is 0 Å². The molecule has 122 valence electrons. The molecule has 0 bridgehead atoms. The van der Waals surface area contributed by atoms with Crippen molar-refractivity contribution in [3.05, 3.63) is 23.8 Å². The van der Waals surface area contributed by atoms with Gasteiger partial charge >= 0.3 is 0 Å². The van der Waals surface area contributed by atoms with Crippen LogP contribution in [0.25, 0.3) is 0 Å². The Bertz CT molecular complexity index is 530. The van der Waals surface area contributed by atoms with Crippen molar-refractivity contribution in [2.45, 2.75) is 37.5 Å². The number of carbonyl (C=O) groups is 1. The van der Waals surface area contributed by atoms with E-state index in [9.17, 15) is 4.79 Å². The summed E-state index contributed by atoms with van der Waals surface area (Å²) >= 11 is 0. The van der Waals surface area contributed by atoms with Gasteiger partial charge in [0.05, 0.1) is 6.54 Å². The Morgan fingerprint density at radius 2 is 1.91 bits per heavy atom. The van der Waals surface area contributed by atoms with E-state index in [1.165, 1.54) is 24.8 Å². The minimum Gasteiger partial charge on any atom is -0.454 e. The van der Waals surface area contributed by atoms with E-state index in [0.717, 1.165) is 24.3 Å². The van der Waals surface area contributed by atoms with E-state index in [1.807, 2.05) is 6.07 Å². The van der Waals surface area contributed by atoms with E-state index in [2.05, 4.69) is 17.4 Å². The van der Waals surface area contributed by atoms with Crippen LogP contribution in [0.3, 0.4) is 0 Å². The fourth-order valence-corrected chi connectivity index (χ4v) is 3.36. The summed E-state index contributed by atoms with van der Waals surface area (Å²) in [5.74, 6) is 1.51. The highest BCUT2D eigenvalue weighted by Gasteiger charge is 2.35. The monoisotopic (exact) mass is 326 g/mol. The molecule has 0 radical (unpaired) electrons. The van der Waals surface area contributed by atoms with Crippen LogP contribution < -0.4 is 20.5 Å². The van der Waals surface area contributed by atoms with Crippen LogP contribution in [0.15, 0.2) is 18.2 Å². The van der Waals surface area contributed by atoms with Crippen molar-refractivity contribution >= 4 is 18.3 Å². The Hall–Kier alpha value is -1.46. The minimum atomic E-state index is -0.0966. The van der Waals surface area contributed by atoms with Crippen molar-refractivity contribution in [3.8, 4) is 11.5 Å². The fraction of sp³-hybridized carbons (Fsp3) is 0.562. The Morgan fingerprint density at radius 3 is 2.64 bits per heavy atom. The number of hydrogen-bond acceptors (Lipinski definition) is 4. The van der Waals surface area contributed by atoms with Gasteiger partial charge in [0.1, 0.15) is 0 Å². The van der Waals surface area contributed by atoms with Crippen molar-refractivity contribution in [2.75, 3.05) is 19.9 Å². The maximum atomic E-state index is 11.5. The summed E-state index contributed by atoms with van der Waals surface area (Å²) in [6.45, 7) is 0.968. The third kappa shape index (κ3) is 3.31. The molecule has 1 aromatic carbocycles. The van der Waals surface area contributed by atoms with Crippen LogP contribution in [-0.4, -0.2) is 25.8 Å². The molecular formula is C16H23ClN2O3. The zero-order chi connectivity index (χ0) is 14.7. The van der Waals surface area contributed by atoms with Gasteiger partial charge in [0, 0.05) is 12.0 Å². The van der Waals surface area contributed by atoms with Crippen molar-refractivity contribution < 1.29 is 14.3 Å². The summed E-state index contributed by atoms with van der Waals surface area (Å²) in [6.07, 6.45) is 5.80. The summed E-state index contributed by atoms with van der Waals surface area (Å²) in [6, 6.07) is 6.15. The maximum Gasteiger partial charge on any atom is 0.233 e. The fourth-order valence-electron chi connectivity index (χ4n) is 3.36. The first-order chi connectivity index (χ1) is 10.2. The lowest BCUT2D eigenvalue weighted by molar-refractivity contribution is -0.120. The summed E-state index contributed by atoms with van der Waals surface area (Å²) in [4.78, 5) is 11.5. The molecule has 3 N–H and O–H groups in total. The van der Waals surface area contributed by atoms with Crippen LogP contribution in [0.1, 0.15) is 37.7 Å². The number of hydrogen-bond donors (Lipinski definition) is 2. The highest BCUT2D eigenvalue weighted by atomic mass is 35.5. The van der Waals surface area contributed by atoms with Crippen molar-refractivity contribution in [3.63, 3.8) is 0 Å². The SMILES string of the molecule is Cl.NCC(=O)NCC1(c2ccc3c(c2)OCO3)CCCCC1. The van der Waals surface area contributed by atoms with Crippen LogP contribution in [-0.2, 0) is 10.2 Å². The zero-order valence-electron chi connectivity index (χ0n) is 12.6. The Labute approximate surface area is 137 Å². The molecule has 5 nitrogen and oxygen atoms in total. The number of nitrogens with one attached hydrogen (secondary N) is 1. The lowest BCUT2D eigenvalue weighted by Crippen LogP contribution is -2.44. The number of rotatable bonds is 4. The van der Waals surface area contributed by atoms with Crippen LogP contribution >= 0.6 is 12.4 Å². The molecule has 3 rings (SSSR count). The molecule has 1 aliphatic carbocycles. The molecule has 0 spiro atoms. The Morgan fingerprint density at radius 1 is 1.18 bits per heavy atom. The second-order valence-electron chi connectivity index (χ2n) is 5.89. The number of carbonyl (C=O) groups excluding carboxylic acids is 1. The minimum absolute atomic E-state index is 0. The standard InChI is InChI=1S/C16H22N2O3.ClH/c17-9-15(19)18-10-16(6-2-1-3-7-16)12-4-5-13-14(8-12)21-11-20-13;/h4-5,8H,1-3,6-7,9-11,17H2,(H,18,19);1H. The van der Waals surface area contributed by atoms with E-state index < -0.39 is 0 Å². The molecule has 1 heterocycles. The van der Waals surface area contributed by atoms with Crippen LogP contribution in [0, 0.1) is 0 Å². The highest BCUT2D eigenvalue weighted by Crippen LogP contribution is 2.43. The Kier molecular flexibility index (Phi) is 5.53. The van der Waals surface area contributed by atoms with Crippen LogP contribution in [0.2, 0.25) is 0 Å². The normalized spacial score (nSPS) is 18.4. The third-order valence-corrected chi connectivity index (χ3v) is 4.60. The van der Waals surface area contributed by atoms with Gasteiger partial charge in [-0.25, -0.2) is 0 Å². The predicted molar refractivity (Wildman–Crippen MR) is 86.6 cm³/mol. The molecular weight excluding hydrogens is 304 g/mol. The van der Waals surface area contributed by atoms with Gasteiger partial charge in [0.15, 0.2) is 11.5 Å². The molecule has 1 saturated carbocycles. The second-order valence-corrected chi connectivity index (χ2v) is 5.89. The van der Waals surface area contributed by atoms with Crippen molar-refractivity contribution in [2.24, 2.45) is 5.73 Å². The van der Waals surface area contributed by atoms with Crippen molar-refractivity contribution in [1.82, 2.24) is 5.32 Å². The number of benzene rings is 1. The van der Waals surface area contributed by atoms with Gasteiger partial charge in [-0.1, -0.05) is 25.3 Å². The second kappa shape index (κ2) is 7.20. The number of amides is 1. The molecule has 0 unspecified atom stereocenters. The molecule has 1 aromatic rings. The van der Waals surface area contributed by atoms with Crippen LogP contribution in [0.4, 0.5) is 0 Å². The number of ether oxygens (including phenoxy) is 2. The number of fused-ring (bicyclic) bond motifs is 1. The molecule has 0 saturated heterocycles. The highest BCUT2D eigenvalue weighted by molar-refractivity contribution is 5.85. The summed E-state index contributed by atoms with van der Waals surface area (Å²) in [7, 11) is 0. The summed E-state index contributed by atoms with van der Waals surface area (Å²) < 4.78 is 10.9. The van der Waals surface area contributed by atoms with E-state index in [4.69, 9.17) is 15.2 Å². The molecule has 0 atom stereocenters. The first-order valence-electron chi connectivity index (χ1n) is 7.60. The first kappa shape index (κ1) is 16.9. The van der Waals surface area contributed by atoms with E-state index in [-0.39, 0.29) is 37.1 Å². The Balaban J connectivity index is 0.00000176. The maximum absolute atomic E-state index is 11.5. The van der Waals surface area contributed by atoms with Gasteiger partial charge < -0.3 is 20.5 Å². The van der Waals surface area contributed by atoms with E-state index in [0.29, 0.717) is 6.54 Å². The smallest absolute Gasteiger partial charge is 0.233 e. The van der Waals surface area contributed by atoms with Crippen LogP contribution in [0.5, 0.6) is 11.5 Å². The van der Waals surface area contributed by atoms with Gasteiger partial charge in [-0.3, -0.25) is 4.79 Å². The van der Waals surface area contributed by atoms with Crippen molar-refractivity contribution in [1.29, 1.82) is 0 Å². The molecule has 6 heteroatoms. The number of nitrogens with two attached hydrogens (primary N) is 1. The topological polar surface area (TPSA) is 73.6 Å². The van der Waals surface area contributed by atoms with E-state index in [1.54, 1.807) is 0 Å². The predicted octanol–water partition coefficient (Wildman–Crippen LogP) is 2.11. The van der Waals surface area contributed by atoms with Gasteiger partial charge in [-0.05, 0) is 30.5 Å². The molecule has 0 aromatic heterocycles. The van der Waals surface area contributed by atoms with Gasteiger partial charge in [0.25, 0.3) is 0 Å². The number of halogens is 1. The third-order valence-electron chi connectivity index (χ3n) is 4.60. The molecule has 1 amide bonds. The molecule has 1 aliphatic heterocycles. The average molecular weight is 327 g/mol. The molecule has 2 aliphatic rings. The quantitative estimate of drug-likeness (QED) is 0.888. The lowest BCUT2D eigenvalue weighted by atomic mass is 9.69. The lowest BCUT2D eigenvalue weighted by Gasteiger charge is -2.38. The largest absolute Gasteiger partial charge is 0.454 e. The summed E-state index contributed by atoms with van der Waals surface area (Å²) in [5, 5.41) is 2.97. The summed E-state index contributed by atoms with van der Waals surface area (Å²) in [5.41, 5.74) is 6.61.